The maximum atomic E-state index is 6.01. The molecule has 4 N–H and O–H groups in total. The van der Waals surface area contributed by atoms with Gasteiger partial charge in [0.05, 0.1) is 4.34 Å². The molecule has 1 aromatic rings. The van der Waals surface area contributed by atoms with Gasteiger partial charge in [0.2, 0.25) is 0 Å². The Balaban J connectivity index is 2.47. The molecule has 14 heavy (non-hydrogen) atoms. The molecule has 0 amide bonds. The lowest BCUT2D eigenvalue weighted by atomic mass is 9.96. The van der Waals surface area contributed by atoms with Crippen LogP contribution in [0.1, 0.15) is 37.6 Å². The molecule has 4 heteroatoms. The maximum Gasteiger partial charge on any atom is 0.0931 e. The van der Waals surface area contributed by atoms with Crippen LogP contribution in [0.3, 0.4) is 0 Å². The van der Waals surface area contributed by atoms with E-state index in [-0.39, 0.29) is 11.6 Å². The highest BCUT2D eigenvalue weighted by Gasteiger charge is 2.15. The van der Waals surface area contributed by atoms with E-state index in [2.05, 4.69) is 0 Å². The van der Waals surface area contributed by atoms with Gasteiger partial charge in [0, 0.05) is 16.5 Å². The molecule has 0 aliphatic carbocycles. The van der Waals surface area contributed by atoms with Gasteiger partial charge in [-0.15, -0.1) is 11.3 Å². The Morgan fingerprint density at radius 2 is 2.14 bits per heavy atom. The molecule has 0 bridgehead atoms. The van der Waals surface area contributed by atoms with Crippen molar-refractivity contribution >= 4 is 22.9 Å². The van der Waals surface area contributed by atoms with Crippen LogP contribution in [0, 0.1) is 0 Å². The van der Waals surface area contributed by atoms with Gasteiger partial charge >= 0.3 is 0 Å². The molecule has 0 fully saturated rings. The summed E-state index contributed by atoms with van der Waals surface area (Å²) < 4.78 is 0.794. The van der Waals surface area contributed by atoms with E-state index >= 15 is 0 Å². The SMILES string of the molecule is CC(C)(N)CCC(N)c1ccc(Cl)s1. The molecule has 2 nitrogen and oxygen atoms in total. The minimum Gasteiger partial charge on any atom is -0.326 e. The zero-order valence-corrected chi connectivity index (χ0v) is 10.2. The summed E-state index contributed by atoms with van der Waals surface area (Å²) in [6.45, 7) is 4.03. The van der Waals surface area contributed by atoms with Gasteiger partial charge in [-0.25, -0.2) is 0 Å². The summed E-state index contributed by atoms with van der Waals surface area (Å²) in [5.41, 5.74) is 11.8. The lowest BCUT2D eigenvalue weighted by Gasteiger charge is -2.20. The van der Waals surface area contributed by atoms with Gasteiger partial charge in [-0.3, -0.25) is 0 Å². The molecule has 0 aliphatic heterocycles. The Labute approximate surface area is 94.2 Å². The third kappa shape index (κ3) is 3.96. The fourth-order valence-corrected chi connectivity index (χ4v) is 2.29. The monoisotopic (exact) mass is 232 g/mol. The normalized spacial score (nSPS) is 14.4. The number of thiophene rings is 1. The van der Waals surface area contributed by atoms with Crippen LogP contribution in [0.2, 0.25) is 4.34 Å². The van der Waals surface area contributed by atoms with Crippen LogP contribution in [0.5, 0.6) is 0 Å². The number of hydrogen-bond donors (Lipinski definition) is 2. The lowest BCUT2D eigenvalue weighted by Crippen LogP contribution is -2.32. The van der Waals surface area contributed by atoms with E-state index < -0.39 is 0 Å². The summed E-state index contributed by atoms with van der Waals surface area (Å²) in [5, 5.41) is 0. The molecule has 1 heterocycles. The van der Waals surface area contributed by atoms with Crippen molar-refractivity contribution in [2.24, 2.45) is 11.5 Å². The van der Waals surface area contributed by atoms with Gasteiger partial charge in [-0.2, -0.15) is 0 Å². The fourth-order valence-electron chi connectivity index (χ4n) is 1.20. The third-order valence-corrected chi connectivity index (χ3v) is 3.42. The second-order valence-electron chi connectivity index (χ2n) is 4.28. The average Bonchev–Trinajstić information content (AvgIpc) is 2.46. The van der Waals surface area contributed by atoms with Gasteiger partial charge in [0.15, 0.2) is 0 Å². The van der Waals surface area contributed by atoms with E-state index in [4.69, 9.17) is 23.1 Å². The maximum absolute atomic E-state index is 6.01. The molecule has 0 aromatic carbocycles. The first-order valence-electron chi connectivity index (χ1n) is 4.68. The van der Waals surface area contributed by atoms with E-state index in [1.807, 2.05) is 26.0 Å². The first kappa shape index (κ1) is 12.0. The summed E-state index contributed by atoms with van der Waals surface area (Å²) in [4.78, 5) is 1.14. The molecule has 1 atom stereocenters. The number of rotatable bonds is 4. The molecule has 1 unspecified atom stereocenters. The molecule has 1 aromatic heterocycles. The molecule has 0 saturated heterocycles. The third-order valence-electron chi connectivity index (χ3n) is 2.06. The molecule has 0 saturated carbocycles. The Kier molecular flexibility index (Phi) is 3.95. The average molecular weight is 233 g/mol. The Morgan fingerprint density at radius 3 is 2.57 bits per heavy atom. The summed E-state index contributed by atoms with van der Waals surface area (Å²) >= 11 is 7.38. The Morgan fingerprint density at radius 1 is 1.50 bits per heavy atom. The van der Waals surface area contributed by atoms with Crippen molar-refractivity contribution in [2.45, 2.75) is 38.3 Å². The second kappa shape index (κ2) is 4.62. The van der Waals surface area contributed by atoms with E-state index in [1.54, 1.807) is 11.3 Å². The molecular formula is C10H17ClN2S. The van der Waals surface area contributed by atoms with Gasteiger partial charge in [-0.1, -0.05) is 11.6 Å². The number of halogens is 1. The van der Waals surface area contributed by atoms with Crippen LogP contribution in [-0.2, 0) is 0 Å². The highest BCUT2D eigenvalue weighted by atomic mass is 35.5. The quantitative estimate of drug-likeness (QED) is 0.839. The smallest absolute Gasteiger partial charge is 0.0931 e. The standard InChI is InChI=1S/C10H17ClN2S/c1-10(2,13)6-5-7(12)8-3-4-9(11)14-8/h3-4,7H,5-6,12-13H2,1-2H3. The number of hydrogen-bond acceptors (Lipinski definition) is 3. The highest BCUT2D eigenvalue weighted by Crippen LogP contribution is 2.28. The van der Waals surface area contributed by atoms with Crippen molar-refractivity contribution in [3.63, 3.8) is 0 Å². The summed E-state index contributed by atoms with van der Waals surface area (Å²) in [6.07, 6.45) is 1.82. The van der Waals surface area contributed by atoms with Crippen molar-refractivity contribution in [3.05, 3.63) is 21.3 Å². The zero-order chi connectivity index (χ0) is 10.8. The van der Waals surface area contributed by atoms with Crippen molar-refractivity contribution < 1.29 is 0 Å². The Bertz CT molecular complexity index is 291. The first-order valence-corrected chi connectivity index (χ1v) is 5.87. The van der Waals surface area contributed by atoms with Gasteiger partial charge in [0.1, 0.15) is 0 Å². The minimum atomic E-state index is -0.140. The van der Waals surface area contributed by atoms with Crippen molar-refractivity contribution in [2.75, 3.05) is 0 Å². The molecule has 1 rings (SSSR count). The largest absolute Gasteiger partial charge is 0.326 e. The number of nitrogens with two attached hydrogens (primary N) is 2. The lowest BCUT2D eigenvalue weighted by molar-refractivity contribution is 0.435. The van der Waals surface area contributed by atoms with Crippen LogP contribution in [0.25, 0.3) is 0 Å². The van der Waals surface area contributed by atoms with E-state index in [0.29, 0.717) is 0 Å². The predicted octanol–water partition coefficient (Wildman–Crippen LogP) is 2.92. The summed E-state index contributed by atoms with van der Waals surface area (Å²) in [7, 11) is 0. The molecule has 0 aliphatic rings. The first-order chi connectivity index (χ1) is 6.38. The van der Waals surface area contributed by atoms with E-state index in [0.717, 1.165) is 22.1 Å². The predicted molar refractivity (Wildman–Crippen MR) is 63.8 cm³/mol. The van der Waals surface area contributed by atoms with Gasteiger partial charge < -0.3 is 11.5 Å². The van der Waals surface area contributed by atoms with Crippen LogP contribution < -0.4 is 11.5 Å². The molecule has 0 spiro atoms. The zero-order valence-electron chi connectivity index (χ0n) is 8.59. The van der Waals surface area contributed by atoms with Gasteiger partial charge in [-0.05, 0) is 38.8 Å². The minimum absolute atomic E-state index is 0.0651. The van der Waals surface area contributed by atoms with Crippen molar-refractivity contribution in [3.8, 4) is 0 Å². The van der Waals surface area contributed by atoms with Crippen molar-refractivity contribution in [1.82, 2.24) is 0 Å². The van der Waals surface area contributed by atoms with Crippen LogP contribution in [-0.4, -0.2) is 5.54 Å². The van der Waals surface area contributed by atoms with Gasteiger partial charge in [0.25, 0.3) is 0 Å². The van der Waals surface area contributed by atoms with Crippen LogP contribution >= 0.6 is 22.9 Å². The summed E-state index contributed by atoms with van der Waals surface area (Å²) in [6, 6.07) is 3.94. The van der Waals surface area contributed by atoms with Crippen molar-refractivity contribution in [1.29, 1.82) is 0 Å². The van der Waals surface area contributed by atoms with Crippen LogP contribution in [0.4, 0.5) is 0 Å². The topological polar surface area (TPSA) is 52.0 Å². The summed E-state index contributed by atoms with van der Waals surface area (Å²) in [5.74, 6) is 0. The molecule has 0 radical (unpaired) electrons. The Hall–Kier alpha value is -0.0900. The molecule has 80 valence electrons. The highest BCUT2D eigenvalue weighted by molar-refractivity contribution is 7.16. The van der Waals surface area contributed by atoms with E-state index in [9.17, 15) is 0 Å². The molecular weight excluding hydrogens is 216 g/mol. The second-order valence-corrected chi connectivity index (χ2v) is 6.02. The van der Waals surface area contributed by atoms with Crippen LogP contribution in [0.15, 0.2) is 12.1 Å². The fraction of sp³-hybridized carbons (Fsp3) is 0.600. The van der Waals surface area contributed by atoms with E-state index in [1.165, 1.54) is 0 Å².